The first-order valence-electron chi connectivity index (χ1n) is 9.15. The fraction of sp³-hybridized carbons (Fsp3) is 0.318. The highest BCUT2D eigenvalue weighted by atomic mass is 32.2. The van der Waals surface area contributed by atoms with E-state index in [-0.39, 0.29) is 5.78 Å². The van der Waals surface area contributed by atoms with Crippen LogP contribution >= 0.6 is 11.8 Å². The van der Waals surface area contributed by atoms with E-state index in [2.05, 4.69) is 53.7 Å². The van der Waals surface area contributed by atoms with Crippen molar-refractivity contribution in [2.75, 3.05) is 5.75 Å². The molecule has 0 spiro atoms. The molecule has 0 aliphatic heterocycles. The van der Waals surface area contributed by atoms with E-state index in [1.54, 1.807) is 0 Å². The van der Waals surface area contributed by atoms with Crippen LogP contribution in [0, 0.1) is 27.7 Å². The molecule has 0 N–H and O–H groups in total. The number of aromatic nitrogens is 3. The van der Waals surface area contributed by atoms with Gasteiger partial charge in [-0.1, -0.05) is 42.1 Å². The van der Waals surface area contributed by atoms with Crippen LogP contribution in [0.1, 0.15) is 39.5 Å². The maximum Gasteiger partial charge on any atom is 0.191 e. The molecule has 0 bridgehead atoms. The predicted octanol–water partition coefficient (Wildman–Crippen LogP) is 5.17. The second kappa shape index (κ2) is 8.09. The minimum absolute atomic E-state index is 0.128. The summed E-state index contributed by atoms with van der Waals surface area (Å²) in [7, 11) is 0. The van der Waals surface area contributed by atoms with Crippen molar-refractivity contribution in [3.8, 4) is 11.4 Å². The summed E-state index contributed by atoms with van der Waals surface area (Å²) in [6.45, 7) is 11.0. The zero-order chi connectivity index (χ0) is 19.6. The van der Waals surface area contributed by atoms with Gasteiger partial charge in [-0.15, -0.1) is 10.2 Å². The van der Waals surface area contributed by atoms with Gasteiger partial charge in [0, 0.05) is 17.7 Å². The van der Waals surface area contributed by atoms with Crippen LogP contribution in [0.2, 0.25) is 0 Å². The van der Waals surface area contributed by atoms with Crippen molar-refractivity contribution in [1.29, 1.82) is 0 Å². The molecule has 4 nitrogen and oxygen atoms in total. The SMILES string of the molecule is CCn1c(SCC(=O)c2cc(C)c(C)cc2C)nnc1-c1ccccc1C. The quantitative estimate of drug-likeness (QED) is 0.438. The molecule has 0 saturated carbocycles. The fourth-order valence-electron chi connectivity index (χ4n) is 3.17. The molecule has 0 aliphatic rings. The number of benzene rings is 2. The molecule has 0 saturated heterocycles. The van der Waals surface area contributed by atoms with Crippen LogP contribution in [0.3, 0.4) is 0 Å². The molecule has 3 aromatic rings. The van der Waals surface area contributed by atoms with Gasteiger partial charge in [-0.3, -0.25) is 4.79 Å². The lowest BCUT2D eigenvalue weighted by molar-refractivity contribution is 0.102. The Balaban J connectivity index is 1.82. The second-order valence-electron chi connectivity index (χ2n) is 6.83. The number of ketones is 1. The fourth-order valence-corrected chi connectivity index (χ4v) is 4.06. The van der Waals surface area contributed by atoms with Crippen molar-refractivity contribution in [1.82, 2.24) is 14.8 Å². The molecular weight excluding hydrogens is 354 g/mol. The van der Waals surface area contributed by atoms with Crippen LogP contribution in [-0.4, -0.2) is 26.3 Å². The van der Waals surface area contributed by atoms with Crippen LogP contribution in [0.4, 0.5) is 0 Å². The number of Topliss-reactive ketones (excluding diaryl/α,β-unsaturated/α-hetero) is 1. The molecule has 140 valence electrons. The number of aryl methyl sites for hydroxylation is 4. The van der Waals surface area contributed by atoms with Crippen molar-refractivity contribution >= 4 is 17.5 Å². The lowest BCUT2D eigenvalue weighted by atomic mass is 9.99. The molecule has 2 aromatic carbocycles. The topological polar surface area (TPSA) is 47.8 Å². The Hall–Kier alpha value is -2.40. The van der Waals surface area contributed by atoms with E-state index < -0.39 is 0 Å². The lowest BCUT2D eigenvalue weighted by Gasteiger charge is -2.10. The number of thioether (sulfide) groups is 1. The molecule has 3 rings (SSSR count). The number of nitrogens with zero attached hydrogens (tertiary/aromatic N) is 3. The molecule has 0 amide bonds. The van der Waals surface area contributed by atoms with Gasteiger partial charge in [-0.25, -0.2) is 0 Å². The van der Waals surface area contributed by atoms with Crippen LogP contribution in [0.25, 0.3) is 11.4 Å². The maximum absolute atomic E-state index is 12.8. The van der Waals surface area contributed by atoms with Crippen molar-refractivity contribution in [3.63, 3.8) is 0 Å². The van der Waals surface area contributed by atoms with Crippen molar-refractivity contribution in [2.24, 2.45) is 0 Å². The molecule has 0 atom stereocenters. The molecule has 0 unspecified atom stereocenters. The van der Waals surface area contributed by atoms with Gasteiger partial charge < -0.3 is 4.57 Å². The Labute approximate surface area is 165 Å². The van der Waals surface area contributed by atoms with Crippen LogP contribution in [0.5, 0.6) is 0 Å². The second-order valence-corrected chi connectivity index (χ2v) is 7.77. The molecule has 0 radical (unpaired) electrons. The zero-order valence-electron chi connectivity index (χ0n) is 16.5. The summed E-state index contributed by atoms with van der Waals surface area (Å²) in [6.07, 6.45) is 0. The van der Waals surface area contributed by atoms with Gasteiger partial charge in [0.25, 0.3) is 0 Å². The largest absolute Gasteiger partial charge is 0.302 e. The molecule has 0 fully saturated rings. The highest BCUT2D eigenvalue weighted by Gasteiger charge is 2.17. The van der Waals surface area contributed by atoms with E-state index in [4.69, 9.17) is 0 Å². The van der Waals surface area contributed by atoms with Gasteiger partial charge in [0.1, 0.15) is 0 Å². The molecule has 1 heterocycles. The third-order valence-electron chi connectivity index (χ3n) is 4.89. The van der Waals surface area contributed by atoms with Crippen LogP contribution in [-0.2, 0) is 6.54 Å². The van der Waals surface area contributed by atoms with Crippen LogP contribution in [0.15, 0.2) is 41.6 Å². The van der Waals surface area contributed by atoms with E-state index in [0.717, 1.165) is 45.3 Å². The Bertz CT molecular complexity index is 991. The summed E-state index contributed by atoms with van der Waals surface area (Å²) < 4.78 is 2.08. The summed E-state index contributed by atoms with van der Waals surface area (Å²) in [4.78, 5) is 12.8. The highest BCUT2D eigenvalue weighted by molar-refractivity contribution is 7.99. The third kappa shape index (κ3) is 3.98. The molecule has 5 heteroatoms. The smallest absolute Gasteiger partial charge is 0.191 e. The lowest BCUT2D eigenvalue weighted by Crippen LogP contribution is -2.08. The van der Waals surface area contributed by atoms with E-state index in [1.165, 1.54) is 17.3 Å². The maximum atomic E-state index is 12.8. The Morgan fingerprint density at radius 3 is 2.37 bits per heavy atom. The highest BCUT2D eigenvalue weighted by Crippen LogP contribution is 2.27. The van der Waals surface area contributed by atoms with Gasteiger partial charge >= 0.3 is 0 Å². The van der Waals surface area contributed by atoms with E-state index in [1.807, 2.05) is 32.0 Å². The summed E-state index contributed by atoms with van der Waals surface area (Å²) >= 11 is 1.45. The van der Waals surface area contributed by atoms with Crippen molar-refractivity contribution in [3.05, 3.63) is 64.2 Å². The van der Waals surface area contributed by atoms with Gasteiger partial charge in [0.05, 0.1) is 5.75 Å². The number of hydrogen-bond donors (Lipinski definition) is 0. The minimum Gasteiger partial charge on any atom is -0.302 e. The monoisotopic (exact) mass is 379 g/mol. The number of carbonyl (C=O) groups excluding carboxylic acids is 1. The Morgan fingerprint density at radius 2 is 1.67 bits per heavy atom. The van der Waals surface area contributed by atoms with Crippen LogP contribution < -0.4 is 0 Å². The third-order valence-corrected chi connectivity index (χ3v) is 5.86. The average molecular weight is 380 g/mol. The number of rotatable bonds is 6. The first-order chi connectivity index (χ1) is 12.9. The summed E-state index contributed by atoms with van der Waals surface area (Å²) in [5.74, 6) is 1.34. The van der Waals surface area contributed by atoms with E-state index >= 15 is 0 Å². The van der Waals surface area contributed by atoms with Gasteiger partial charge in [-0.05, 0) is 62.9 Å². The van der Waals surface area contributed by atoms with Crippen molar-refractivity contribution < 1.29 is 4.79 Å². The molecule has 0 aliphatic carbocycles. The standard InChI is InChI=1S/C22H25N3OS/c1-6-25-21(18-10-8-7-9-14(18)2)23-24-22(25)27-13-20(26)19-12-16(4)15(3)11-17(19)5/h7-12H,6,13H2,1-5H3. The Morgan fingerprint density at radius 1 is 0.963 bits per heavy atom. The average Bonchev–Trinajstić information content (AvgIpc) is 3.05. The summed E-state index contributed by atoms with van der Waals surface area (Å²) in [6, 6.07) is 12.2. The zero-order valence-corrected chi connectivity index (χ0v) is 17.4. The van der Waals surface area contributed by atoms with Gasteiger partial charge in [-0.2, -0.15) is 0 Å². The minimum atomic E-state index is 0.128. The van der Waals surface area contributed by atoms with Gasteiger partial charge in [0.15, 0.2) is 16.8 Å². The Kier molecular flexibility index (Phi) is 5.80. The number of hydrogen-bond acceptors (Lipinski definition) is 4. The molecule has 1 aromatic heterocycles. The number of carbonyl (C=O) groups is 1. The first-order valence-corrected chi connectivity index (χ1v) is 10.1. The van der Waals surface area contributed by atoms with Crippen molar-refractivity contribution in [2.45, 2.75) is 46.3 Å². The van der Waals surface area contributed by atoms with E-state index in [0.29, 0.717) is 5.75 Å². The van der Waals surface area contributed by atoms with E-state index in [9.17, 15) is 4.79 Å². The first kappa shape index (κ1) is 19.4. The predicted molar refractivity (Wildman–Crippen MR) is 112 cm³/mol. The normalized spacial score (nSPS) is 11.0. The molecule has 27 heavy (non-hydrogen) atoms. The molecular formula is C22H25N3OS. The summed E-state index contributed by atoms with van der Waals surface area (Å²) in [5, 5.41) is 9.52. The summed E-state index contributed by atoms with van der Waals surface area (Å²) in [5.41, 5.74) is 6.43. The van der Waals surface area contributed by atoms with Gasteiger partial charge in [0.2, 0.25) is 0 Å².